The van der Waals surface area contributed by atoms with Gasteiger partial charge in [-0.3, -0.25) is 19.4 Å². The van der Waals surface area contributed by atoms with E-state index < -0.39 is 0 Å². The fourth-order valence-corrected chi connectivity index (χ4v) is 4.54. The zero-order valence-electron chi connectivity index (χ0n) is 17.3. The number of rotatable bonds is 8. The van der Waals surface area contributed by atoms with Crippen molar-refractivity contribution < 1.29 is 14.3 Å². The number of terminal acetylenes is 1. The first kappa shape index (κ1) is 22.7. The van der Waals surface area contributed by atoms with Crippen molar-refractivity contribution in [1.82, 2.24) is 31.1 Å². The van der Waals surface area contributed by atoms with Gasteiger partial charge in [0.15, 0.2) is 5.11 Å². The molecule has 4 N–H and O–H groups in total. The lowest BCUT2D eigenvalue weighted by Gasteiger charge is -2.37. The van der Waals surface area contributed by atoms with Crippen LogP contribution < -0.4 is 21.3 Å². The number of fused-ring (bicyclic) bond motifs is 1. The smallest absolute Gasteiger partial charge is 0.237 e. The molecule has 0 aliphatic carbocycles. The number of nitrogens with zero attached hydrogens (tertiary/aromatic N) is 2. The molecule has 0 aromatic heterocycles. The molecular weight excluding hydrogens is 404 g/mol. The molecule has 3 aliphatic heterocycles. The first-order chi connectivity index (χ1) is 14.6. The molecule has 3 heterocycles. The van der Waals surface area contributed by atoms with Gasteiger partial charge in [0.05, 0.1) is 25.8 Å². The molecule has 0 aromatic rings. The first-order valence-electron chi connectivity index (χ1n) is 10.6. The van der Waals surface area contributed by atoms with Crippen molar-refractivity contribution in [3.63, 3.8) is 0 Å². The Labute approximate surface area is 183 Å². The molecule has 3 fully saturated rings. The van der Waals surface area contributed by atoms with E-state index in [1.807, 2.05) is 0 Å². The van der Waals surface area contributed by atoms with Gasteiger partial charge in [-0.2, -0.15) is 0 Å². The van der Waals surface area contributed by atoms with Crippen LogP contribution in [0.1, 0.15) is 19.3 Å². The minimum Gasteiger partial charge on any atom is -0.379 e. The fraction of sp³-hybridized carbons (Fsp3) is 0.750. The second kappa shape index (κ2) is 11.5. The zero-order valence-corrected chi connectivity index (χ0v) is 18.1. The number of carbonyl (C=O) groups excluding carboxylic acids is 2. The maximum absolute atomic E-state index is 12.3. The van der Waals surface area contributed by atoms with Crippen molar-refractivity contribution in [2.45, 2.75) is 37.4 Å². The summed E-state index contributed by atoms with van der Waals surface area (Å²) in [5, 5.41) is 12.9. The Balaban J connectivity index is 1.41. The average molecular weight is 437 g/mol. The predicted molar refractivity (Wildman–Crippen MR) is 118 cm³/mol. The fourth-order valence-electron chi connectivity index (χ4n) is 4.27. The molecule has 0 saturated carbocycles. The molecule has 9 nitrogen and oxygen atoms in total. The summed E-state index contributed by atoms with van der Waals surface area (Å²) in [7, 11) is 0. The van der Waals surface area contributed by atoms with E-state index in [0.717, 1.165) is 45.9 Å². The summed E-state index contributed by atoms with van der Waals surface area (Å²) >= 11 is 5.45. The molecule has 3 atom stereocenters. The third-order valence-corrected chi connectivity index (χ3v) is 6.13. The van der Waals surface area contributed by atoms with Crippen LogP contribution in [0.2, 0.25) is 0 Å². The Morgan fingerprint density at radius 3 is 2.90 bits per heavy atom. The first-order valence-corrected chi connectivity index (χ1v) is 11.1. The molecule has 0 spiro atoms. The molecule has 0 radical (unpaired) electrons. The van der Waals surface area contributed by atoms with Gasteiger partial charge in [-0.25, -0.2) is 0 Å². The average Bonchev–Trinajstić information content (AvgIpc) is 3.17. The van der Waals surface area contributed by atoms with E-state index in [1.165, 1.54) is 0 Å². The Morgan fingerprint density at radius 1 is 1.33 bits per heavy atom. The van der Waals surface area contributed by atoms with Gasteiger partial charge in [-0.05, 0) is 25.1 Å². The van der Waals surface area contributed by atoms with Crippen LogP contribution in [0.3, 0.4) is 0 Å². The molecule has 2 amide bonds. The summed E-state index contributed by atoms with van der Waals surface area (Å²) in [5.74, 6) is 2.40. The van der Waals surface area contributed by atoms with Crippen LogP contribution in [0, 0.1) is 12.3 Å². The maximum Gasteiger partial charge on any atom is 0.237 e. The summed E-state index contributed by atoms with van der Waals surface area (Å²) in [5.41, 5.74) is 0. The van der Waals surface area contributed by atoms with Crippen LogP contribution >= 0.6 is 12.2 Å². The Bertz CT molecular complexity index is 663. The second-order valence-electron chi connectivity index (χ2n) is 7.92. The van der Waals surface area contributed by atoms with Gasteiger partial charge < -0.3 is 26.0 Å². The Kier molecular flexibility index (Phi) is 8.69. The van der Waals surface area contributed by atoms with E-state index >= 15 is 0 Å². The van der Waals surface area contributed by atoms with Gasteiger partial charge in [0.1, 0.15) is 0 Å². The minimum absolute atomic E-state index is 0.0542. The lowest BCUT2D eigenvalue weighted by atomic mass is 10.0. The third-order valence-electron chi connectivity index (χ3n) is 5.87. The second-order valence-corrected chi connectivity index (χ2v) is 8.33. The van der Waals surface area contributed by atoms with Crippen LogP contribution in [-0.2, 0) is 14.3 Å². The van der Waals surface area contributed by atoms with E-state index in [-0.39, 0.29) is 36.5 Å². The van der Waals surface area contributed by atoms with Crippen molar-refractivity contribution in [2.75, 3.05) is 59.0 Å². The minimum atomic E-state index is -0.175. The van der Waals surface area contributed by atoms with Crippen molar-refractivity contribution in [1.29, 1.82) is 0 Å². The third kappa shape index (κ3) is 6.54. The molecule has 166 valence electrons. The zero-order chi connectivity index (χ0) is 21.3. The highest BCUT2D eigenvalue weighted by molar-refractivity contribution is 7.80. The van der Waals surface area contributed by atoms with Gasteiger partial charge >= 0.3 is 0 Å². The topological polar surface area (TPSA) is 98.0 Å². The van der Waals surface area contributed by atoms with Gasteiger partial charge in [-0.15, -0.1) is 6.42 Å². The molecule has 3 rings (SSSR count). The number of nitrogens with one attached hydrogen (secondary N) is 4. The monoisotopic (exact) mass is 436 g/mol. The van der Waals surface area contributed by atoms with Crippen LogP contribution in [0.5, 0.6) is 0 Å². The van der Waals surface area contributed by atoms with Crippen LogP contribution in [0.25, 0.3) is 0 Å². The van der Waals surface area contributed by atoms with Gasteiger partial charge in [0.2, 0.25) is 11.8 Å². The number of hydrogen-bond donors (Lipinski definition) is 4. The van der Waals surface area contributed by atoms with Crippen molar-refractivity contribution in [2.24, 2.45) is 0 Å². The van der Waals surface area contributed by atoms with Crippen molar-refractivity contribution >= 4 is 29.1 Å². The van der Waals surface area contributed by atoms with Crippen LogP contribution in [0.4, 0.5) is 0 Å². The Morgan fingerprint density at radius 2 is 2.13 bits per heavy atom. The molecule has 10 heteroatoms. The number of hydrogen-bond acceptors (Lipinski definition) is 6. The van der Waals surface area contributed by atoms with Crippen LogP contribution in [-0.4, -0.2) is 104 Å². The summed E-state index contributed by atoms with van der Waals surface area (Å²) < 4.78 is 5.36. The summed E-state index contributed by atoms with van der Waals surface area (Å²) in [6, 6.07) is 0.0742. The number of amides is 2. The number of morpholine rings is 1. The van der Waals surface area contributed by atoms with Crippen LogP contribution in [0.15, 0.2) is 0 Å². The van der Waals surface area contributed by atoms with Gasteiger partial charge in [0.25, 0.3) is 0 Å². The van der Waals surface area contributed by atoms with Crippen molar-refractivity contribution in [3.05, 3.63) is 0 Å². The molecule has 3 aliphatic rings. The van der Waals surface area contributed by atoms with E-state index in [9.17, 15) is 9.59 Å². The SMILES string of the molecule is C#CCNC(=O)CCC1CNC(=O)C2CC(NC(=S)NCCN3CCOCC3)CN12. The van der Waals surface area contributed by atoms with Gasteiger partial charge in [-0.1, -0.05) is 5.92 Å². The highest BCUT2D eigenvalue weighted by atomic mass is 32.1. The number of piperazine rings is 1. The van der Waals surface area contributed by atoms with Gasteiger partial charge in [0, 0.05) is 57.8 Å². The summed E-state index contributed by atoms with van der Waals surface area (Å²) in [6.45, 7) is 6.74. The molecule has 30 heavy (non-hydrogen) atoms. The molecule has 3 saturated heterocycles. The van der Waals surface area contributed by atoms with E-state index in [4.69, 9.17) is 23.4 Å². The summed E-state index contributed by atoms with van der Waals surface area (Å²) in [6.07, 6.45) is 6.96. The predicted octanol–water partition coefficient (Wildman–Crippen LogP) is -1.75. The number of ether oxygens (including phenoxy) is 1. The lowest BCUT2D eigenvalue weighted by Crippen LogP contribution is -2.58. The quantitative estimate of drug-likeness (QED) is 0.263. The normalized spacial score (nSPS) is 26.9. The number of carbonyl (C=O) groups is 2. The molecule has 0 aromatic carbocycles. The standard InChI is InChI=1S/C20H32N6O3S/c1-2-5-21-18(27)4-3-16-13-23-19(28)17-12-15(14-26(16)17)24-20(30)22-6-7-25-8-10-29-11-9-25/h1,15-17H,3-14H2,(H,21,27)(H,23,28)(H2,22,24,30). The van der Waals surface area contributed by atoms with E-state index in [2.05, 4.69) is 37.0 Å². The maximum atomic E-state index is 12.3. The molecular formula is C20H32N6O3S. The van der Waals surface area contributed by atoms with E-state index in [1.54, 1.807) is 0 Å². The van der Waals surface area contributed by atoms with Crippen molar-refractivity contribution in [3.8, 4) is 12.3 Å². The van der Waals surface area contributed by atoms with E-state index in [0.29, 0.717) is 30.9 Å². The largest absolute Gasteiger partial charge is 0.379 e. The molecule has 0 bridgehead atoms. The lowest BCUT2D eigenvalue weighted by molar-refractivity contribution is -0.129. The number of thiocarbonyl (C=S) groups is 1. The highest BCUT2D eigenvalue weighted by Crippen LogP contribution is 2.25. The summed E-state index contributed by atoms with van der Waals surface area (Å²) in [4.78, 5) is 28.8. The molecule has 3 unspecified atom stereocenters. The Hall–Kier alpha value is -1.93. The highest BCUT2D eigenvalue weighted by Gasteiger charge is 2.43.